The molecule has 0 bridgehead atoms. The zero-order chi connectivity index (χ0) is 13.2. The van der Waals surface area contributed by atoms with Crippen LogP contribution in [0.2, 0.25) is 0 Å². The van der Waals surface area contributed by atoms with Crippen molar-refractivity contribution >= 4 is 5.91 Å². The van der Waals surface area contributed by atoms with Gasteiger partial charge >= 0.3 is 0 Å². The van der Waals surface area contributed by atoms with Crippen molar-refractivity contribution in [1.82, 2.24) is 5.32 Å². The van der Waals surface area contributed by atoms with Gasteiger partial charge in [-0.3, -0.25) is 4.79 Å². The molecule has 19 heavy (non-hydrogen) atoms. The van der Waals surface area contributed by atoms with Crippen LogP contribution >= 0.6 is 0 Å². The lowest BCUT2D eigenvalue weighted by Gasteiger charge is -2.22. The molecule has 1 fully saturated rings. The van der Waals surface area contributed by atoms with Gasteiger partial charge in [0.05, 0.1) is 0 Å². The Morgan fingerprint density at radius 3 is 2.84 bits per heavy atom. The van der Waals surface area contributed by atoms with Gasteiger partial charge in [0.1, 0.15) is 11.9 Å². The van der Waals surface area contributed by atoms with Crippen molar-refractivity contribution in [3.63, 3.8) is 0 Å². The van der Waals surface area contributed by atoms with E-state index in [0.29, 0.717) is 6.04 Å². The molecule has 3 nitrogen and oxygen atoms in total. The second-order valence-corrected chi connectivity index (χ2v) is 5.76. The first-order chi connectivity index (χ1) is 9.22. The lowest BCUT2D eigenvalue weighted by atomic mass is 9.95. The minimum Gasteiger partial charge on any atom is -0.490 e. The maximum Gasteiger partial charge on any atom is 0.251 e. The molecule has 3 heteroatoms. The number of carbonyl (C=O) groups is 1. The summed E-state index contributed by atoms with van der Waals surface area (Å²) < 4.78 is 5.66. The first-order valence-electron chi connectivity index (χ1n) is 7.33. The normalized spacial score (nSPS) is 22.7. The van der Waals surface area contributed by atoms with Crippen LogP contribution < -0.4 is 10.1 Å². The van der Waals surface area contributed by atoms with Crippen LogP contribution in [0.3, 0.4) is 0 Å². The van der Waals surface area contributed by atoms with E-state index < -0.39 is 0 Å². The molecule has 3 rings (SSSR count). The topological polar surface area (TPSA) is 38.3 Å². The van der Waals surface area contributed by atoms with Crippen LogP contribution in [-0.2, 0) is 6.42 Å². The summed E-state index contributed by atoms with van der Waals surface area (Å²) in [6, 6.07) is 6.14. The molecule has 0 unspecified atom stereocenters. The van der Waals surface area contributed by atoms with E-state index in [0.717, 1.165) is 36.1 Å². The first-order valence-corrected chi connectivity index (χ1v) is 7.33. The van der Waals surface area contributed by atoms with Gasteiger partial charge in [0.15, 0.2) is 0 Å². The van der Waals surface area contributed by atoms with Crippen LogP contribution in [0.15, 0.2) is 18.2 Å². The Morgan fingerprint density at radius 1 is 1.26 bits per heavy atom. The highest BCUT2D eigenvalue weighted by molar-refractivity contribution is 5.94. The van der Waals surface area contributed by atoms with E-state index >= 15 is 0 Å². The number of fused-ring (bicyclic) bond motifs is 1. The highest BCUT2D eigenvalue weighted by Gasteiger charge is 2.21. The van der Waals surface area contributed by atoms with Gasteiger partial charge in [-0.2, -0.15) is 0 Å². The Hall–Kier alpha value is -1.51. The second kappa shape index (κ2) is 5.24. The largest absolute Gasteiger partial charge is 0.490 e. The third kappa shape index (κ3) is 2.75. The summed E-state index contributed by atoms with van der Waals surface area (Å²) in [7, 11) is 0. The third-order valence-corrected chi connectivity index (χ3v) is 4.10. The van der Waals surface area contributed by atoms with E-state index in [1.54, 1.807) is 0 Å². The Morgan fingerprint density at radius 2 is 2.05 bits per heavy atom. The zero-order valence-corrected chi connectivity index (χ0v) is 11.4. The number of benzene rings is 1. The average Bonchev–Trinajstić information content (AvgIpc) is 2.78. The Balaban J connectivity index is 1.68. The molecule has 0 spiro atoms. The number of rotatable bonds is 2. The number of ether oxygens (including phenoxy) is 1. The molecule has 1 aromatic carbocycles. The van der Waals surface area contributed by atoms with Crippen molar-refractivity contribution in [2.24, 2.45) is 0 Å². The van der Waals surface area contributed by atoms with Gasteiger partial charge in [0.2, 0.25) is 0 Å². The second-order valence-electron chi connectivity index (χ2n) is 5.76. The summed E-state index contributed by atoms with van der Waals surface area (Å²) in [6.45, 7) is 2.06. The lowest BCUT2D eigenvalue weighted by molar-refractivity contribution is 0.0927. The molecule has 1 aliphatic heterocycles. The number of hydrogen-bond donors (Lipinski definition) is 1. The van der Waals surface area contributed by atoms with Crippen molar-refractivity contribution in [2.45, 2.75) is 57.6 Å². The highest BCUT2D eigenvalue weighted by Crippen LogP contribution is 2.29. The van der Waals surface area contributed by atoms with Crippen LogP contribution in [0, 0.1) is 0 Å². The van der Waals surface area contributed by atoms with Crippen LogP contribution in [0.5, 0.6) is 5.75 Å². The molecule has 1 aliphatic carbocycles. The Bertz CT molecular complexity index is 478. The summed E-state index contributed by atoms with van der Waals surface area (Å²) >= 11 is 0. The smallest absolute Gasteiger partial charge is 0.251 e. The van der Waals surface area contributed by atoms with Crippen LogP contribution in [0.1, 0.15) is 54.9 Å². The molecule has 1 heterocycles. The number of amides is 1. The molecule has 0 aromatic heterocycles. The zero-order valence-electron chi connectivity index (χ0n) is 11.4. The van der Waals surface area contributed by atoms with Crippen LogP contribution in [0.25, 0.3) is 0 Å². The number of carbonyl (C=O) groups excluding carboxylic acids is 1. The summed E-state index contributed by atoms with van der Waals surface area (Å²) in [4.78, 5) is 12.2. The van der Waals surface area contributed by atoms with Gasteiger partial charge in [-0.25, -0.2) is 0 Å². The van der Waals surface area contributed by atoms with E-state index in [-0.39, 0.29) is 12.0 Å². The fourth-order valence-electron chi connectivity index (χ4n) is 3.08. The molecular weight excluding hydrogens is 238 g/mol. The van der Waals surface area contributed by atoms with Gasteiger partial charge in [-0.15, -0.1) is 0 Å². The maximum absolute atomic E-state index is 12.2. The quantitative estimate of drug-likeness (QED) is 0.886. The fourth-order valence-corrected chi connectivity index (χ4v) is 3.08. The van der Waals surface area contributed by atoms with Gasteiger partial charge in [0.25, 0.3) is 5.91 Å². The minimum absolute atomic E-state index is 0.0641. The molecule has 1 N–H and O–H groups in total. The molecule has 0 radical (unpaired) electrons. The first kappa shape index (κ1) is 12.5. The molecule has 1 aromatic rings. The van der Waals surface area contributed by atoms with Gasteiger partial charge in [-0.1, -0.05) is 19.3 Å². The predicted octanol–water partition coefficient (Wildman–Crippen LogP) is 3.07. The summed E-state index contributed by atoms with van der Waals surface area (Å²) in [5.41, 5.74) is 1.92. The van der Waals surface area contributed by atoms with Crippen molar-refractivity contribution in [3.05, 3.63) is 29.3 Å². The van der Waals surface area contributed by atoms with Crippen molar-refractivity contribution in [1.29, 1.82) is 0 Å². The van der Waals surface area contributed by atoms with Crippen LogP contribution in [-0.4, -0.2) is 18.1 Å². The molecule has 2 aliphatic rings. The van der Waals surface area contributed by atoms with E-state index in [1.165, 1.54) is 19.3 Å². The van der Waals surface area contributed by atoms with Crippen molar-refractivity contribution < 1.29 is 9.53 Å². The lowest BCUT2D eigenvalue weighted by Crippen LogP contribution is -2.36. The van der Waals surface area contributed by atoms with Crippen LogP contribution in [0.4, 0.5) is 0 Å². The fraction of sp³-hybridized carbons (Fsp3) is 0.562. The molecule has 0 saturated heterocycles. The number of hydrogen-bond acceptors (Lipinski definition) is 2. The van der Waals surface area contributed by atoms with Crippen molar-refractivity contribution in [3.8, 4) is 5.75 Å². The highest BCUT2D eigenvalue weighted by atomic mass is 16.5. The van der Waals surface area contributed by atoms with E-state index in [9.17, 15) is 4.79 Å². The monoisotopic (exact) mass is 259 g/mol. The van der Waals surface area contributed by atoms with E-state index in [4.69, 9.17) is 4.74 Å². The third-order valence-electron chi connectivity index (χ3n) is 4.10. The standard InChI is InChI=1S/C16H21NO2/c1-11-9-13-10-12(7-8-15(13)19-11)16(18)17-14-5-3-2-4-6-14/h7-8,10-11,14H,2-6,9H2,1H3,(H,17,18)/t11-/m1/s1. The minimum atomic E-state index is 0.0641. The number of nitrogens with one attached hydrogen (secondary N) is 1. The van der Waals surface area contributed by atoms with Gasteiger partial charge < -0.3 is 10.1 Å². The van der Waals surface area contributed by atoms with Gasteiger partial charge in [0, 0.05) is 18.0 Å². The molecular formula is C16H21NO2. The molecule has 1 saturated carbocycles. The Kier molecular flexibility index (Phi) is 3.45. The van der Waals surface area contributed by atoms with E-state index in [1.807, 2.05) is 18.2 Å². The van der Waals surface area contributed by atoms with Crippen molar-refractivity contribution in [2.75, 3.05) is 0 Å². The predicted molar refractivity (Wildman–Crippen MR) is 74.6 cm³/mol. The Labute approximate surface area is 114 Å². The summed E-state index contributed by atoms with van der Waals surface area (Å²) in [6.07, 6.45) is 7.15. The van der Waals surface area contributed by atoms with Gasteiger partial charge in [-0.05, 0) is 43.5 Å². The maximum atomic E-state index is 12.2. The molecule has 1 atom stereocenters. The SMILES string of the molecule is C[C@@H]1Cc2cc(C(=O)NC3CCCCC3)ccc2O1. The molecule has 102 valence electrons. The van der Waals surface area contributed by atoms with E-state index in [2.05, 4.69) is 12.2 Å². The summed E-state index contributed by atoms with van der Waals surface area (Å²) in [5.74, 6) is 0.996. The summed E-state index contributed by atoms with van der Waals surface area (Å²) in [5, 5.41) is 3.16. The average molecular weight is 259 g/mol. The molecule has 1 amide bonds.